The Kier molecular flexibility index (Phi) is 2.70. The Morgan fingerprint density at radius 1 is 1.56 bits per heavy atom. The number of nitrogens with one attached hydrogen (secondary N) is 1. The Hall–Kier alpha value is -1.62. The van der Waals surface area contributed by atoms with E-state index in [0.29, 0.717) is 18.7 Å². The van der Waals surface area contributed by atoms with E-state index in [-0.39, 0.29) is 12.0 Å². The van der Waals surface area contributed by atoms with E-state index in [1.807, 2.05) is 13.0 Å². The third-order valence-corrected chi connectivity index (χ3v) is 3.62. The second-order valence-electron chi connectivity index (χ2n) is 5.05. The van der Waals surface area contributed by atoms with Gasteiger partial charge >= 0.3 is 0 Å². The number of carbonyl (C=O) groups is 1. The van der Waals surface area contributed by atoms with E-state index in [2.05, 4.69) is 15.2 Å². The maximum absolute atomic E-state index is 11.6. The molecule has 3 heterocycles. The van der Waals surface area contributed by atoms with Gasteiger partial charge in [-0.25, -0.2) is 4.98 Å². The molecule has 0 radical (unpaired) electrons. The molecule has 5 nitrogen and oxygen atoms in total. The van der Waals surface area contributed by atoms with Crippen LogP contribution in [0.2, 0.25) is 0 Å². The number of aliphatic hydroxyl groups excluding tert-OH is 1. The second-order valence-corrected chi connectivity index (χ2v) is 5.05. The van der Waals surface area contributed by atoms with E-state index in [1.165, 1.54) is 0 Å². The third kappa shape index (κ3) is 1.84. The molecule has 0 aliphatic carbocycles. The van der Waals surface area contributed by atoms with Crippen LogP contribution in [0.3, 0.4) is 0 Å². The zero-order valence-corrected chi connectivity index (χ0v) is 10.4. The first-order valence-corrected chi connectivity index (χ1v) is 6.37. The number of aromatic nitrogens is 1. The lowest BCUT2D eigenvalue weighted by Gasteiger charge is -2.32. The standard InChI is InChI=1S/C13H17N3O2/c1-8-5-10-11(6-14-13(10)18)15-12(8)16-4-2-3-9(17)7-16/h5,9,17H,2-4,6-7H2,1H3,(H,14,18)/t9-/m1/s1. The molecule has 2 aliphatic heterocycles. The number of nitrogens with zero attached hydrogens (tertiary/aromatic N) is 2. The summed E-state index contributed by atoms with van der Waals surface area (Å²) in [6, 6.07) is 1.90. The molecule has 1 aromatic rings. The van der Waals surface area contributed by atoms with Crippen LogP contribution in [0.5, 0.6) is 0 Å². The topological polar surface area (TPSA) is 65.5 Å². The number of carbonyl (C=O) groups excluding carboxylic acids is 1. The molecule has 0 saturated carbocycles. The third-order valence-electron chi connectivity index (χ3n) is 3.62. The lowest BCUT2D eigenvalue weighted by molar-refractivity contribution is 0.0965. The molecule has 0 aromatic carbocycles. The van der Waals surface area contributed by atoms with Crippen molar-refractivity contribution in [3.8, 4) is 0 Å². The van der Waals surface area contributed by atoms with E-state index < -0.39 is 0 Å². The predicted octanol–water partition coefficient (Wildman–Crippen LogP) is 0.595. The quantitative estimate of drug-likeness (QED) is 0.762. The lowest BCUT2D eigenvalue weighted by Crippen LogP contribution is -2.39. The number of pyridine rings is 1. The van der Waals surface area contributed by atoms with Crippen molar-refractivity contribution in [2.24, 2.45) is 0 Å². The van der Waals surface area contributed by atoms with Gasteiger partial charge in [-0.05, 0) is 31.4 Å². The van der Waals surface area contributed by atoms with E-state index in [1.54, 1.807) is 0 Å². The summed E-state index contributed by atoms with van der Waals surface area (Å²) in [6.45, 7) is 4.03. The maximum atomic E-state index is 11.6. The summed E-state index contributed by atoms with van der Waals surface area (Å²) in [5, 5.41) is 12.5. The van der Waals surface area contributed by atoms with Crippen molar-refractivity contribution in [3.63, 3.8) is 0 Å². The molecule has 1 aromatic heterocycles. The molecule has 1 atom stereocenters. The van der Waals surface area contributed by atoms with Crippen molar-refractivity contribution in [1.82, 2.24) is 10.3 Å². The van der Waals surface area contributed by atoms with Crippen molar-refractivity contribution in [3.05, 3.63) is 22.9 Å². The minimum absolute atomic E-state index is 0.0363. The molecule has 0 bridgehead atoms. The van der Waals surface area contributed by atoms with Gasteiger partial charge in [0.25, 0.3) is 5.91 Å². The van der Waals surface area contributed by atoms with Gasteiger partial charge in [-0.1, -0.05) is 0 Å². The van der Waals surface area contributed by atoms with Crippen LogP contribution in [-0.2, 0) is 6.54 Å². The summed E-state index contributed by atoms with van der Waals surface area (Å²) in [7, 11) is 0. The first kappa shape index (κ1) is 11.5. The van der Waals surface area contributed by atoms with Crippen LogP contribution in [0.15, 0.2) is 6.07 Å². The van der Waals surface area contributed by atoms with Gasteiger partial charge in [-0.15, -0.1) is 0 Å². The van der Waals surface area contributed by atoms with Gasteiger partial charge in [0.1, 0.15) is 5.82 Å². The molecule has 0 spiro atoms. The molecule has 96 valence electrons. The molecule has 2 N–H and O–H groups in total. The van der Waals surface area contributed by atoms with Crippen molar-refractivity contribution in [2.75, 3.05) is 18.0 Å². The first-order valence-electron chi connectivity index (χ1n) is 6.37. The largest absolute Gasteiger partial charge is 0.391 e. The van der Waals surface area contributed by atoms with Crippen LogP contribution in [0.1, 0.15) is 34.5 Å². The minimum atomic E-state index is -0.270. The summed E-state index contributed by atoms with van der Waals surface area (Å²) >= 11 is 0. The van der Waals surface area contributed by atoms with E-state index in [9.17, 15) is 9.90 Å². The zero-order valence-electron chi connectivity index (χ0n) is 10.4. The highest BCUT2D eigenvalue weighted by atomic mass is 16.3. The monoisotopic (exact) mass is 247 g/mol. The van der Waals surface area contributed by atoms with E-state index in [4.69, 9.17) is 0 Å². The van der Waals surface area contributed by atoms with Gasteiger partial charge in [0.2, 0.25) is 0 Å². The molecule has 3 rings (SSSR count). The highest BCUT2D eigenvalue weighted by Crippen LogP contribution is 2.25. The van der Waals surface area contributed by atoms with Gasteiger partial charge < -0.3 is 15.3 Å². The number of rotatable bonds is 1. The molecule has 18 heavy (non-hydrogen) atoms. The summed E-state index contributed by atoms with van der Waals surface area (Å²) in [5.74, 6) is 0.870. The van der Waals surface area contributed by atoms with Gasteiger partial charge in [0.15, 0.2) is 0 Å². The van der Waals surface area contributed by atoms with Crippen LogP contribution in [0, 0.1) is 6.92 Å². The molecular weight excluding hydrogens is 230 g/mol. The Labute approximate surface area is 106 Å². The average Bonchev–Trinajstić information content (AvgIpc) is 2.70. The number of anilines is 1. The number of piperidine rings is 1. The highest BCUT2D eigenvalue weighted by molar-refractivity contribution is 5.98. The number of amides is 1. The lowest BCUT2D eigenvalue weighted by atomic mass is 10.1. The van der Waals surface area contributed by atoms with Gasteiger partial charge in [-0.3, -0.25) is 4.79 Å². The van der Waals surface area contributed by atoms with Crippen LogP contribution in [0.25, 0.3) is 0 Å². The zero-order chi connectivity index (χ0) is 12.7. The van der Waals surface area contributed by atoms with Crippen LogP contribution < -0.4 is 10.2 Å². The fourth-order valence-corrected chi connectivity index (χ4v) is 2.70. The summed E-state index contributed by atoms with van der Waals surface area (Å²) in [4.78, 5) is 18.3. The molecular formula is C13H17N3O2. The second kappa shape index (κ2) is 4.24. The molecule has 1 fully saturated rings. The molecule has 1 saturated heterocycles. The van der Waals surface area contributed by atoms with Gasteiger partial charge in [-0.2, -0.15) is 0 Å². The number of hydrogen-bond acceptors (Lipinski definition) is 4. The van der Waals surface area contributed by atoms with Crippen molar-refractivity contribution >= 4 is 11.7 Å². The Morgan fingerprint density at radius 2 is 2.39 bits per heavy atom. The number of hydrogen-bond donors (Lipinski definition) is 2. The SMILES string of the molecule is Cc1cc2c(nc1N1CCC[C@@H](O)C1)CNC2=O. The normalized spacial score (nSPS) is 22.9. The Morgan fingerprint density at radius 3 is 3.17 bits per heavy atom. The van der Waals surface area contributed by atoms with Crippen molar-refractivity contribution in [2.45, 2.75) is 32.4 Å². The highest BCUT2D eigenvalue weighted by Gasteiger charge is 2.25. The first-order chi connectivity index (χ1) is 8.65. The van der Waals surface area contributed by atoms with E-state index in [0.717, 1.165) is 36.5 Å². The maximum Gasteiger partial charge on any atom is 0.253 e. The molecule has 0 unspecified atom stereocenters. The summed E-state index contributed by atoms with van der Waals surface area (Å²) < 4.78 is 0. The number of aryl methyl sites for hydroxylation is 1. The molecule has 5 heteroatoms. The van der Waals surface area contributed by atoms with Crippen LogP contribution >= 0.6 is 0 Å². The smallest absolute Gasteiger partial charge is 0.253 e. The summed E-state index contributed by atoms with van der Waals surface area (Å²) in [6.07, 6.45) is 1.57. The average molecular weight is 247 g/mol. The van der Waals surface area contributed by atoms with Crippen molar-refractivity contribution in [1.29, 1.82) is 0 Å². The van der Waals surface area contributed by atoms with Crippen LogP contribution in [-0.4, -0.2) is 35.2 Å². The molecule has 1 amide bonds. The van der Waals surface area contributed by atoms with E-state index >= 15 is 0 Å². The fraction of sp³-hybridized carbons (Fsp3) is 0.538. The Bertz CT molecular complexity index is 501. The number of β-amino-alcohol motifs (C(OH)–C–C–N with tert-alkyl or cyclic N) is 1. The number of fused-ring (bicyclic) bond motifs is 1. The summed E-state index contributed by atoms with van der Waals surface area (Å²) in [5.41, 5.74) is 2.51. The van der Waals surface area contributed by atoms with Gasteiger partial charge in [0.05, 0.1) is 23.9 Å². The predicted molar refractivity (Wildman–Crippen MR) is 67.6 cm³/mol. The van der Waals surface area contributed by atoms with Crippen molar-refractivity contribution < 1.29 is 9.90 Å². The van der Waals surface area contributed by atoms with Gasteiger partial charge in [0, 0.05) is 13.1 Å². The minimum Gasteiger partial charge on any atom is -0.391 e. The Balaban J connectivity index is 1.95. The molecule has 2 aliphatic rings. The number of aliphatic hydroxyl groups is 1. The fourth-order valence-electron chi connectivity index (χ4n) is 2.70. The van der Waals surface area contributed by atoms with Crippen LogP contribution in [0.4, 0.5) is 5.82 Å².